The molecule has 2 aromatic rings. The summed E-state index contributed by atoms with van der Waals surface area (Å²) in [5.41, 5.74) is 1.06. The van der Waals surface area contributed by atoms with E-state index in [0.29, 0.717) is 13.1 Å². The van der Waals surface area contributed by atoms with Crippen molar-refractivity contribution in [1.82, 2.24) is 15.5 Å². The van der Waals surface area contributed by atoms with Gasteiger partial charge in [0.2, 0.25) is 5.91 Å². The number of benzene rings is 1. The predicted octanol–water partition coefficient (Wildman–Crippen LogP) is 1.85. The Balaban J connectivity index is 1.31. The molecule has 0 unspecified atom stereocenters. The fourth-order valence-corrected chi connectivity index (χ4v) is 3.92. The summed E-state index contributed by atoms with van der Waals surface area (Å²) < 4.78 is 10.6. The molecule has 2 saturated heterocycles. The number of morpholine rings is 1. The number of amides is 1. The van der Waals surface area contributed by atoms with Crippen molar-refractivity contribution in [2.45, 2.75) is 19.4 Å². The van der Waals surface area contributed by atoms with Crippen LogP contribution in [0.5, 0.6) is 5.75 Å². The number of piperidine rings is 1. The van der Waals surface area contributed by atoms with Crippen LogP contribution >= 0.6 is 0 Å². The molecule has 160 valence electrons. The van der Waals surface area contributed by atoms with Crippen molar-refractivity contribution >= 4 is 17.5 Å². The van der Waals surface area contributed by atoms with Crippen LogP contribution in [0.1, 0.15) is 18.4 Å². The van der Waals surface area contributed by atoms with E-state index in [2.05, 4.69) is 25.3 Å². The number of anilines is 2. The first-order chi connectivity index (χ1) is 14.7. The molecule has 2 fully saturated rings. The van der Waals surface area contributed by atoms with Crippen LogP contribution in [0.2, 0.25) is 0 Å². The molecule has 4 rings (SSSR count). The second kappa shape index (κ2) is 9.75. The fraction of sp³-hybridized carbons (Fsp3) is 0.500. The number of methoxy groups -OCH3 is 1. The molecule has 0 radical (unpaired) electrons. The summed E-state index contributed by atoms with van der Waals surface area (Å²) >= 11 is 0. The molecule has 3 heterocycles. The zero-order valence-electron chi connectivity index (χ0n) is 17.4. The second-order valence-corrected chi connectivity index (χ2v) is 7.70. The van der Waals surface area contributed by atoms with Gasteiger partial charge < -0.3 is 24.6 Å². The van der Waals surface area contributed by atoms with Gasteiger partial charge in [0.25, 0.3) is 0 Å². The minimum absolute atomic E-state index is 0.0438. The molecule has 8 nitrogen and oxygen atoms in total. The molecule has 30 heavy (non-hydrogen) atoms. The van der Waals surface area contributed by atoms with Crippen LogP contribution in [0, 0.1) is 5.92 Å². The largest absolute Gasteiger partial charge is 0.497 e. The molecule has 1 atom stereocenters. The van der Waals surface area contributed by atoms with E-state index in [0.717, 1.165) is 68.6 Å². The first kappa shape index (κ1) is 20.4. The summed E-state index contributed by atoms with van der Waals surface area (Å²) in [6, 6.07) is 11.8. The first-order valence-corrected chi connectivity index (χ1v) is 10.5. The molecule has 0 spiro atoms. The lowest BCUT2D eigenvalue weighted by molar-refractivity contribution is -0.125. The van der Waals surface area contributed by atoms with E-state index in [-0.39, 0.29) is 11.8 Å². The lowest BCUT2D eigenvalue weighted by Crippen LogP contribution is -2.43. The summed E-state index contributed by atoms with van der Waals surface area (Å²) in [5.74, 6) is 2.58. The first-order valence-electron chi connectivity index (χ1n) is 10.5. The number of rotatable bonds is 6. The molecule has 0 bridgehead atoms. The Morgan fingerprint density at radius 2 is 1.77 bits per heavy atom. The Kier molecular flexibility index (Phi) is 6.63. The number of nitrogens with zero attached hydrogens (tertiary/aromatic N) is 4. The maximum atomic E-state index is 12.7. The number of nitrogens with one attached hydrogen (secondary N) is 1. The Bertz CT molecular complexity index is 822. The number of hydrogen-bond donors (Lipinski definition) is 1. The highest BCUT2D eigenvalue weighted by molar-refractivity contribution is 5.79. The number of ether oxygens (including phenoxy) is 2. The van der Waals surface area contributed by atoms with E-state index in [1.807, 2.05) is 36.4 Å². The summed E-state index contributed by atoms with van der Waals surface area (Å²) in [7, 11) is 1.64. The van der Waals surface area contributed by atoms with E-state index >= 15 is 0 Å². The highest BCUT2D eigenvalue weighted by atomic mass is 16.5. The maximum absolute atomic E-state index is 12.7. The highest BCUT2D eigenvalue weighted by Crippen LogP contribution is 2.23. The average molecular weight is 412 g/mol. The quantitative estimate of drug-likeness (QED) is 0.777. The fourth-order valence-electron chi connectivity index (χ4n) is 3.92. The van der Waals surface area contributed by atoms with Gasteiger partial charge in [0.1, 0.15) is 5.75 Å². The number of carbonyl (C=O) groups excluding carboxylic acids is 1. The minimum Gasteiger partial charge on any atom is -0.497 e. The van der Waals surface area contributed by atoms with Gasteiger partial charge in [0, 0.05) is 32.7 Å². The second-order valence-electron chi connectivity index (χ2n) is 7.70. The lowest BCUT2D eigenvalue weighted by Gasteiger charge is -2.33. The lowest BCUT2D eigenvalue weighted by atomic mass is 9.97. The van der Waals surface area contributed by atoms with E-state index in [9.17, 15) is 4.79 Å². The van der Waals surface area contributed by atoms with Crippen molar-refractivity contribution in [1.29, 1.82) is 0 Å². The number of aromatic nitrogens is 2. The minimum atomic E-state index is -0.0438. The molecule has 1 aromatic carbocycles. The van der Waals surface area contributed by atoms with Crippen LogP contribution in [0.25, 0.3) is 0 Å². The van der Waals surface area contributed by atoms with Crippen LogP contribution in [0.4, 0.5) is 11.6 Å². The van der Waals surface area contributed by atoms with E-state index in [1.54, 1.807) is 7.11 Å². The zero-order valence-corrected chi connectivity index (χ0v) is 17.4. The van der Waals surface area contributed by atoms with Gasteiger partial charge in [-0.1, -0.05) is 12.1 Å². The van der Waals surface area contributed by atoms with Gasteiger partial charge in [0.15, 0.2) is 11.6 Å². The third-order valence-electron chi connectivity index (χ3n) is 5.71. The van der Waals surface area contributed by atoms with E-state index in [4.69, 9.17) is 9.47 Å². The van der Waals surface area contributed by atoms with Gasteiger partial charge >= 0.3 is 0 Å². The van der Waals surface area contributed by atoms with Crippen molar-refractivity contribution in [2.75, 3.05) is 56.3 Å². The zero-order chi connectivity index (χ0) is 20.8. The molecule has 2 aliphatic heterocycles. The van der Waals surface area contributed by atoms with Gasteiger partial charge in [0.05, 0.1) is 26.2 Å². The van der Waals surface area contributed by atoms with Crippen LogP contribution in [0.3, 0.4) is 0 Å². The Hall–Kier alpha value is -2.87. The van der Waals surface area contributed by atoms with Gasteiger partial charge in [-0.25, -0.2) is 0 Å². The molecule has 2 aliphatic rings. The van der Waals surface area contributed by atoms with Crippen molar-refractivity contribution in [3.8, 4) is 5.75 Å². The topological polar surface area (TPSA) is 79.8 Å². The summed E-state index contributed by atoms with van der Waals surface area (Å²) in [4.78, 5) is 17.1. The standard InChI is InChI=1S/C22H29N5O3/c1-29-19-6-4-17(5-7-19)15-23-22(28)18-3-2-10-27(16-18)21-9-8-20(24-25-21)26-11-13-30-14-12-26/h4-9,18H,2-3,10-16H2,1H3,(H,23,28)/t18-/m0/s1. The molecular weight excluding hydrogens is 382 g/mol. The Labute approximate surface area is 177 Å². The van der Waals surface area contributed by atoms with Gasteiger partial charge in [-0.15, -0.1) is 10.2 Å². The van der Waals surface area contributed by atoms with Crippen molar-refractivity contribution in [3.63, 3.8) is 0 Å². The van der Waals surface area contributed by atoms with Crippen molar-refractivity contribution < 1.29 is 14.3 Å². The molecule has 1 aromatic heterocycles. The van der Waals surface area contributed by atoms with Crippen molar-refractivity contribution in [2.24, 2.45) is 5.92 Å². The highest BCUT2D eigenvalue weighted by Gasteiger charge is 2.26. The summed E-state index contributed by atoms with van der Waals surface area (Å²) in [6.45, 7) is 5.22. The monoisotopic (exact) mass is 411 g/mol. The van der Waals surface area contributed by atoms with Gasteiger partial charge in [-0.2, -0.15) is 0 Å². The molecule has 0 aliphatic carbocycles. The normalized spacial score (nSPS) is 19.4. The van der Waals surface area contributed by atoms with Crippen LogP contribution in [-0.4, -0.2) is 62.6 Å². The molecule has 8 heteroatoms. The third kappa shape index (κ3) is 4.99. The Morgan fingerprint density at radius 1 is 1.07 bits per heavy atom. The summed E-state index contributed by atoms with van der Waals surface area (Å²) in [6.07, 6.45) is 1.86. The molecule has 1 N–H and O–H groups in total. The predicted molar refractivity (Wildman–Crippen MR) is 115 cm³/mol. The smallest absolute Gasteiger partial charge is 0.225 e. The molecule has 1 amide bonds. The Morgan fingerprint density at radius 3 is 2.43 bits per heavy atom. The third-order valence-corrected chi connectivity index (χ3v) is 5.71. The number of carbonyl (C=O) groups is 1. The van der Waals surface area contributed by atoms with Crippen LogP contribution < -0.4 is 19.9 Å². The van der Waals surface area contributed by atoms with Crippen LogP contribution in [0.15, 0.2) is 36.4 Å². The van der Waals surface area contributed by atoms with Crippen molar-refractivity contribution in [3.05, 3.63) is 42.0 Å². The maximum Gasteiger partial charge on any atom is 0.225 e. The van der Waals surface area contributed by atoms with Crippen LogP contribution in [-0.2, 0) is 16.1 Å². The van der Waals surface area contributed by atoms with E-state index < -0.39 is 0 Å². The molecule has 0 saturated carbocycles. The summed E-state index contributed by atoms with van der Waals surface area (Å²) in [5, 5.41) is 11.9. The van der Waals surface area contributed by atoms with Gasteiger partial charge in [-0.3, -0.25) is 4.79 Å². The SMILES string of the molecule is COc1ccc(CNC(=O)[C@H]2CCCN(c3ccc(N4CCOCC4)nn3)C2)cc1. The van der Waals surface area contributed by atoms with Gasteiger partial charge in [-0.05, 0) is 42.7 Å². The average Bonchev–Trinajstić information content (AvgIpc) is 2.83. The molecular formula is C22H29N5O3. The number of hydrogen-bond acceptors (Lipinski definition) is 7. The van der Waals surface area contributed by atoms with E-state index in [1.165, 1.54) is 0 Å².